The maximum Gasteiger partial charge on any atom is 0.271 e. The number of aromatic nitrogens is 2. The minimum atomic E-state index is -0.260. The molecule has 0 bridgehead atoms. The van der Waals surface area contributed by atoms with E-state index in [1.807, 2.05) is 56.3 Å². The van der Waals surface area contributed by atoms with E-state index in [1.165, 1.54) is 12.4 Å². The zero-order valence-corrected chi connectivity index (χ0v) is 15.6. The van der Waals surface area contributed by atoms with Gasteiger partial charge in [0.05, 0.1) is 25.2 Å². The highest BCUT2D eigenvalue weighted by molar-refractivity contribution is 5.92. The molecule has 0 fully saturated rings. The van der Waals surface area contributed by atoms with Crippen molar-refractivity contribution < 1.29 is 9.53 Å². The largest absolute Gasteiger partial charge is 0.495 e. The fourth-order valence-corrected chi connectivity index (χ4v) is 2.66. The molecule has 138 valence electrons. The maximum absolute atomic E-state index is 12.3. The van der Waals surface area contributed by atoms with Crippen molar-refractivity contribution in [3.63, 3.8) is 0 Å². The third kappa shape index (κ3) is 4.82. The van der Waals surface area contributed by atoms with Crippen LogP contribution in [-0.2, 0) is 6.54 Å². The van der Waals surface area contributed by atoms with Crippen LogP contribution in [0, 0.1) is 13.8 Å². The average Bonchev–Trinajstić information content (AvgIpc) is 2.67. The number of anilines is 2. The summed E-state index contributed by atoms with van der Waals surface area (Å²) in [5.74, 6) is 0.986. The van der Waals surface area contributed by atoms with Crippen molar-refractivity contribution in [1.82, 2.24) is 15.3 Å². The van der Waals surface area contributed by atoms with E-state index in [4.69, 9.17) is 4.74 Å². The molecule has 3 rings (SSSR count). The summed E-state index contributed by atoms with van der Waals surface area (Å²) >= 11 is 0. The molecule has 1 heterocycles. The lowest BCUT2D eigenvalue weighted by Gasteiger charge is -2.11. The van der Waals surface area contributed by atoms with Crippen molar-refractivity contribution in [3.05, 3.63) is 77.2 Å². The molecular weight excluding hydrogens is 340 g/mol. The quantitative estimate of drug-likeness (QED) is 0.698. The van der Waals surface area contributed by atoms with Gasteiger partial charge in [-0.2, -0.15) is 0 Å². The number of nitrogens with one attached hydrogen (secondary N) is 2. The monoisotopic (exact) mass is 362 g/mol. The smallest absolute Gasteiger partial charge is 0.271 e. The molecule has 0 aliphatic heterocycles. The van der Waals surface area contributed by atoms with Gasteiger partial charge in [-0.15, -0.1) is 0 Å². The molecule has 0 aliphatic carbocycles. The molecule has 0 saturated carbocycles. The second kappa shape index (κ2) is 8.31. The fourth-order valence-electron chi connectivity index (χ4n) is 2.66. The average molecular weight is 362 g/mol. The highest BCUT2D eigenvalue weighted by Gasteiger charge is 2.09. The highest BCUT2D eigenvalue weighted by atomic mass is 16.5. The molecule has 0 saturated heterocycles. The SMILES string of the molecule is COc1ccc(C)cc1Nc1cnc(C(=O)NCc2cccc(C)c2)cn1. The van der Waals surface area contributed by atoms with Gasteiger partial charge in [0, 0.05) is 6.54 Å². The van der Waals surface area contributed by atoms with Gasteiger partial charge in [0.2, 0.25) is 0 Å². The van der Waals surface area contributed by atoms with Gasteiger partial charge in [-0.3, -0.25) is 4.79 Å². The van der Waals surface area contributed by atoms with Crippen LogP contribution in [0.1, 0.15) is 27.2 Å². The molecule has 0 radical (unpaired) electrons. The van der Waals surface area contributed by atoms with Gasteiger partial charge in [0.25, 0.3) is 5.91 Å². The molecule has 6 heteroatoms. The van der Waals surface area contributed by atoms with E-state index < -0.39 is 0 Å². The molecule has 2 N–H and O–H groups in total. The summed E-state index contributed by atoms with van der Waals surface area (Å²) in [6, 6.07) is 13.8. The van der Waals surface area contributed by atoms with Crippen molar-refractivity contribution in [1.29, 1.82) is 0 Å². The number of ether oxygens (including phenoxy) is 1. The Morgan fingerprint density at radius 1 is 1.04 bits per heavy atom. The van der Waals surface area contributed by atoms with Gasteiger partial charge >= 0.3 is 0 Å². The molecule has 0 unspecified atom stereocenters. The van der Waals surface area contributed by atoms with Crippen molar-refractivity contribution in [2.24, 2.45) is 0 Å². The molecule has 0 spiro atoms. The number of nitrogens with zero attached hydrogens (tertiary/aromatic N) is 2. The van der Waals surface area contributed by atoms with E-state index in [2.05, 4.69) is 20.6 Å². The van der Waals surface area contributed by atoms with Crippen LogP contribution in [0.4, 0.5) is 11.5 Å². The lowest BCUT2D eigenvalue weighted by atomic mass is 10.1. The standard InChI is InChI=1S/C21H22N4O2/c1-14-5-4-6-16(9-14)11-24-21(26)18-12-23-20(13-22-18)25-17-10-15(2)7-8-19(17)27-3/h4-10,12-13H,11H2,1-3H3,(H,23,25)(H,24,26). The van der Waals surface area contributed by atoms with E-state index in [1.54, 1.807) is 7.11 Å². The Bertz CT molecular complexity index is 939. The number of carbonyl (C=O) groups excluding carboxylic acids is 1. The van der Waals surface area contributed by atoms with Crippen LogP contribution in [0.15, 0.2) is 54.9 Å². The van der Waals surface area contributed by atoms with Gasteiger partial charge in [0.1, 0.15) is 17.3 Å². The second-order valence-electron chi connectivity index (χ2n) is 6.29. The molecule has 27 heavy (non-hydrogen) atoms. The number of carbonyl (C=O) groups is 1. The Kier molecular flexibility index (Phi) is 5.66. The Morgan fingerprint density at radius 2 is 1.85 bits per heavy atom. The van der Waals surface area contributed by atoms with Crippen molar-refractivity contribution in [3.8, 4) is 5.75 Å². The first-order chi connectivity index (χ1) is 13.0. The van der Waals surface area contributed by atoms with Crippen LogP contribution in [-0.4, -0.2) is 23.0 Å². The highest BCUT2D eigenvalue weighted by Crippen LogP contribution is 2.27. The Balaban J connectivity index is 1.64. The first-order valence-corrected chi connectivity index (χ1v) is 8.62. The summed E-state index contributed by atoms with van der Waals surface area (Å²) < 4.78 is 5.34. The van der Waals surface area contributed by atoms with Crippen molar-refractivity contribution in [2.45, 2.75) is 20.4 Å². The van der Waals surface area contributed by atoms with E-state index in [-0.39, 0.29) is 11.6 Å². The van der Waals surface area contributed by atoms with E-state index in [0.717, 1.165) is 22.4 Å². The summed E-state index contributed by atoms with van der Waals surface area (Å²) in [4.78, 5) is 20.7. The molecule has 1 amide bonds. The van der Waals surface area contributed by atoms with Crippen LogP contribution in [0.2, 0.25) is 0 Å². The summed E-state index contributed by atoms with van der Waals surface area (Å²) in [5, 5.41) is 6.02. The van der Waals surface area contributed by atoms with Crippen LogP contribution in [0.25, 0.3) is 0 Å². The molecule has 0 aliphatic rings. The minimum absolute atomic E-state index is 0.260. The van der Waals surface area contributed by atoms with Gasteiger partial charge in [-0.25, -0.2) is 9.97 Å². The molecule has 3 aromatic rings. The predicted molar refractivity (Wildman–Crippen MR) is 105 cm³/mol. The number of amides is 1. The summed E-state index contributed by atoms with van der Waals surface area (Å²) in [6.07, 6.45) is 2.99. The Morgan fingerprint density at radius 3 is 2.56 bits per heavy atom. The summed E-state index contributed by atoms with van der Waals surface area (Å²) in [6.45, 7) is 4.46. The van der Waals surface area contributed by atoms with Crippen LogP contribution < -0.4 is 15.4 Å². The van der Waals surface area contributed by atoms with E-state index >= 15 is 0 Å². The van der Waals surface area contributed by atoms with Crippen LogP contribution >= 0.6 is 0 Å². The number of aryl methyl sites for hydroxylation is 2. The van der Waals surface area contributed by atoms with E-state index in [9.17, 15) is 4.79 Å². The third-order valence-corrected chi connectivity index (χ3v) is 4.04. The number of hydrogen-bond donors (Lipinski definition) is 2. The maximum atomic E-state index is 12.3. The zero-order chi connectivity index (χ0) is 19.2. The minimum Gasteiger partial charge on any atom is -0.495 e. The molecule has 0 atom stereocenters. The Hall–Kier alpha value is -3.41. The molecule has 1 aromatic heterocycles. The lowest BCUT2D eigenvalue weighted by molar-refractivity contribution is 0.0945. The lowest BCUT2D eigenvalue weighted by Crippen LogP contribution is -2.24. The van der Waals surface area contributed by atoms with Gasteiger partial charge in [0.15, 0.2) is 0 Å². The predicted octanol–water partition coefficient (Wildman–Crippen LogP) is 3.78. The molecule has 6 nitrogen and oxygen atoms in total. The molecule has 2 aromatic carbocycles. The topological polar surface area (TPSA) is 76.1 Å². The zero-order valence-electron chi connectivity index (χ0n) is 15.6. The van der Waals surface area contributed by atoms with Crippen LogP contribution in [0.5, 0.6) is 5.75 Å². The number of hydrogen-bond acceptors (Lipinski definition) is 5. The number of benzene rings is 2. The number of rotatable bonds is 6. The summed E-state index contributed by atoms with van der Waals surface area (Å²) in [5.41, 5.74) is 4.36. The van der Waals surface area contributed by atoms with Gasteiger partial charge < -0.3 is 15.4 Å². The van der Waals surface area contributed by atoms with Gasteiger partial charge in [-0.05, 0) is 37.1 Å². The number of methoxy groups -OCH3 is 1. The van der Waals surface area contributed by atoms with Crippen molar-refractivity contribution >= 4 is 17.4 Å². The normalized spacial score (nSPS) is 10.3. The van der Waals surface area contributed by atoms with Crippen LogP contribution in [0.3, 0.4) is 0 Å². The van der Waals surface area contributed by atoms with E-state index in [0.29, 0.717) is 18.1 Å². The fraction of sp³-hybridized carbons (Fsp3) is 0.190. The first kappa shape index (κ1) is 18.4. The van der Waals surface area contributed by atoms with Gasteiger partial charge in [-0.1, -0.05) is 35.9 Å². The summed E-state index contributed by atoms with van der Waals surface area (Å²) in [7, 11) is 1.61. The first-order valence-electron chi connectivity index (χ1n) is 8.62. The Labute approximate surface area is 158 Å². The molecular formula is C21H22N4O2. The third-order valence-electron chi connectivity index (χ3n) is 4.04. The second-order valence-corrected chi connectivity index (χ2v) is 6.29. The van der Waals surface area contributed by atoms with Crippen molar-refractivity contribution in [2.75, 3.05) is 12.4 Å².